The van der Waals surface area contributed by atoms with Gasteiger partial charge in [0.05, 0.1) is 5.56 Å². The Balaban J connectivity index is 2.67. The van der Waals surface area contributed by atoms with Gasteiger partial charge >= 0.3 is 6.18 Å². The number of hydrogen-bond acceptors (Lipinski definition) is 0. The average Bonchev–Trinajstić information content (AvgIpc) is 2.25. The van der Waals surface area contributed by atoms with Crippen LogP contribution in [-0.2, 0) is 12.6 Å². The maximum absolute atomic E-state index is 12.5. The van der Waals surface area contributed by atoms with Crippen LogP contribution in [0.4, 0.5) is 13.2 Å². The van der Waals surface area contributed by atoms with Crippen molar-refractivity contribution in [1.29, 1.82) is 0 Å². The van der Waals surface area contributed by atoms with Crippen molar-refractivity contribution in [2.24, 2.45) is 5.92 Å². The smallest absolute Gasteiger partial charge is 0.166 e. The van der Waals surface area contributed by atoms with Crippen molar-refractivity contribution in [1.82, 2.24) is 0 Å². The Bertz CT molecular complexity index is 358. The fourth-order valence-corrected chi connectivity index (χ4v) is 1.77. The molecule has 0 nitrogen and oxygen atoms in total. The van der Waals surface area contributed by atoms with Gasteiger partial charge in [0.15, 0.2) is 0 Å². The molecule has 1 aromatic rings. The molecule has 0 radical (unpaired) electrons. The zero-order chi connectivity index (χ0) is 13.1. The van der Waals surface area contributed by atoms with Crippen LogP contribution in [0.2, 0.25) is 0 Å². The molecule has 0 aliphatic heterocycles. The SMILES string of the molecule is CC(C)C(Br)CCc1cccc(C(F)(F)F)c1. The molecule has 4 heteroatoms. The maximum Gasteiger partial charge on any atom is 0.416 e. The first-order valence-electron chi connectivity index (χ1n) is 5.61. The van der Waals surface area contributed by atoms with Crippen molar-refractivity contribution in [3.05, 3.63) is 35.4 Å². The maximum atomic E-state index is 12.5. The molecule has 0 amide bonds. The van der Waals surface area contributed by atoms with Crippen molar-refractivity contribution in [2.75, 3.05) is 0 Å². The molecule has 1 aromatic carbocycles. The molecule has 0 spiro atoms. The van der Waals surface area contributed by atoms with Crippen LogP contribution < -0.4 is 0 Å². The second-order valence-electron chi connectivity index (χ2n) is 4.50. The van der Waals surface area contributed by atoms with Crippen LogP contribution >= 0.6 is 15.9 Å². The summed E-state index contributed by atoms with van der Waals surface area (Å²) < 4.78 is 37.5. The average molecular weight is 309 g/mol. The van der Waals surface area contributed by atoms with E-state index in [1.807, 2.05) is 0 Å². The second kappa shape index (κ2) is 5.89. The van der Waals surface area contributed by atoms with Gasteiger partial charge in [-0.3, -0.25) is 0 Å². The van der Waals surface area contributed by atoms with Crippen molar-refractivity contribution in [2.45, 2.75) is 37.7 Å². The van der Waals surface area contributed by atoms with E-state index < -0.39 is 11.7 Å². The Hall–Kier alpha value is -0.510. The molecule has 0 fully saturated rings. The Morgan fingerprint density at radius 2 is 1.88 bits per heavy atom. The molecule has 1 rings (SSSR count). The fourth-order valence-electron chi connectivity index (χ4n) is 1.54. The molecule has 0 aliphatic carbocycles. The number of alkyl halides is 4. The van der Waals surface area contributed by atoms with E-state index in [2.05, 4.69) is 29.8 Å². The normalized spacial score (nSPS) is 14.1. The van der Waals surface area contributed by atoms with Gasteiger partial charge in [0.1, 0.15) is 0 Å². The first kappa shape index (κ1) is 14.6. The van der Waals surface area contributed by atoms with Gasteiger partial charge in [0.2, 0.25) is 0 Å². The van der Waals surface area contributed by atoms with E-state index in [9.17, 15) is 13.2 Å². The third kappa shape index (κ3) is 4.70. The predicted molar refractivity (Wildman–Crippen MR) is 67.3 cm³/mol. The summed E-state index contributed by atoms with van der Waals surface area (Å²) in [5.74, 6) is 0.487. The quantitative estimate of drug-likeness (QED) is 0.682. The van der Waals surface area contributed by atoms with Gasteiger partial charge in [-0.1, -0.05) is 48.0 Å². The van der Waals surface area contributed by atoms with Crippen molar-refractivity contribution >= 4 is 15.9 Å². The lowest BCUT2D eigenvalue weighted by molar-refractivity contribution is -0.137. The van der Waals surface area contributed by atoms with E-state index >= 15 is 0 Å². The fraction of sp³-hybridized carbons (Fsp3) is 0.538. The summed E-state index contributed by atoms with van der Waals surface area (Å²) in [6.45, 7) is 4.18. The molecule has 1 unspecified atom stereocenters. The Morgan fingerprint density at radius 3 is 2.41 bits per heavy atom. The summed E-state index contributed by atoms with van der Waals surface area (Å²) >= 11 is 3.54. The van der Waals surface area contributed by atoms with Crippen LogP contribution in [0.25, 0.3) is 0 Å². The number of aryl methyl sites for hydroxylation is 1. The van der Waals surface area contributed by atoms with Gasteiger partial charge in [-0.15, -0.1) is 0 Å². The summed E-state index contributed by atoms with van der Waals surface area (Å²) in [4.78, 5) is 0.344. The Morgan fingerprint density at radius 1 is 1.24 bits per heavy atom. The summed E-state index contributed by atoms with van der Waals surface area (Å²) in [5.41, 5.74) is 0.176. The van der Waals surface area contributed by atoms with Crippen molar-refractivity contribution in [3.8, 4) is 0 Å². The molecule has 1 atom stereocenters. The molecule has 0 N–H and O–H groups in total. The van der Waals surface area contributed by atoms with E-state index in [1.54, 1.807) is 6.07 Å². The van der Waals surface area contributed by atoms with Gasteiger partial charge in [-0.05, 0) is 30.4 Å². The standard InChI is InChI=1S/C13H16BrF3/c1-9(2)12(14)7-6-10-4-3-5-11(8-10)13(15,16)17/h3-5,8-9,12H,6-7H2,1-2H3. The van der Waals surface area contributed by atoms with Gasteiger partial charge in [-0.25, -0.2) is 0 Å². The van der Waals surface area contributed by atoms with E-state index in [-0.39, 0.29) is 0 Å². The third-order valence-electron chi connectivity index (χ3n) is 2.69. The molecule has 0 saturated heterocycles. The van der Waals surface area contributed by atoms with E-state index in [0.717, 1.165) is 18.1 Å². The summed E-state index contributed by atoms with van der Waals surface area (Å²) in [7, 11) is 0. The first-order chi connectivity index (χ1) is 7.80. The molecular weight excluding hydrogens is 293 g/mol. The summed E-state index contributed by atoms with van der Waals surface area (Å²) in [5, 5.41) is 0. The minimum absolute atomic E-state index is 0.344. The van der Waals surface area contributed by atoms with Gasteiger partial charge in [-0.2, -0.15) is 13.2 Å². The highest BCUT2D eigenvalue weighted by Crippen LogP contribution is 2.30. The van der Waals surface area contributed by atoms with Crippen molar-refractivity contribution in [3.63, 3.8) is 0 Å². The van der Waals surface area contributed by atoms with E-state index in [0.29, 0.717) is 17.2 Å². The van der Waals surface area contributed by atoms with Gasteiger partial charge in [0, 0.05) is 4.83 Å². The van der Waals surface area contributed by atoms with Crippen LogP contribution in [0.1, 0.15) is 31.4 Å². The monoisotopic (exact) mass is 308 g/mol. The zero-order valence-electron chi connectivity index (χ0n) is 9.89. The molecule has 0 heterocycles. The summed E-state index contributed by atoms with van der Waals surface area (Å²) in [6.07, 6.45) is -2.74. The van der Waals surface area contributed by atoms with Crippen LogP contribution in [0.5, 0.6) is 0 Å². The lowest BCUT2D eigenvalue weighted by Gasteiger charge is -2.14. The van der Waals surface area contributed by atoms with E-state index in [1.165, 1.54) is 12.1 Å². The number of halogens is 4. The number of rotatable bonds is 4. The van der Waals surface area contributed by atoms with Crippen LogP contribution in [0.3, 0.4) is 0 Å². The predicted octanol–water partition coefficient (Wildman–Crippen LogP) is 5.06. The minimum Gasteiger partial charge on any atom is -0.166 e. The molecule has 0 saturated carbocycles. The number of benzene rings is 1. The largest absolute Gasteiger partial charge is 0.416 e. The molecule has 0 aromatic heterocycles. The summed E-state index contributed by atoms with van der Waals surface area (Å²) in [6, 6.07) is 5.56. The third-order valence-corrected chi connectivity index (χ3v) is 4.20. The highest BCUT2D eigenvalue weighted by atomic mass is 79.9. The van der Waals surface area contributed by atoms with Gasteiger partial charge < -0.3 is 0 Å². The lowest BCUT2D eigenvalue weighted by atomic mass is 10.0. The number of hydrogen-bond donors (Lipinski definition) is 0. The zero-order valence-corrected chi connectivity index (χ0v) is 11.5. The highest BCUT2D eigenvalue weighted by Gasteiger charge is 2.30. The Kier molecular flexibility index (Phi) is 5.04. The first-order valence-corrected chi connectivity index (χ1v) is 6.52. The molecule has 96 valence electrons. The molecule has 17 heavy (non-hydrogen) atoms. The van der Waals surface area contributed by atoms with E-state index in [4.69, 9.17) is 0 Å². The lowest BCUT2D eigenvalue weighted by Crippen LogP contribution is -2.09. The van der Waals surface area contributed by atoms with Crippen LogP contribution in [0, 0.1) is 5.92 Å². The van der Waals surface area contributed by atoms with Crippen LogP contribution in [0.15, 0.2) is 24.3 Å². The Labute approximate surface area is 108 Å². The van der Waals surface area contributed by atoms with Gasteiger partial charge in [0.25, 0.3) is 0 Å². The highest BCUT2D eigenvalue weighted by molar-refractivity contribution is 9.09. The topological polar surface area (TPSA) is 0 Å². The van der Waals surface area contributed by atoms with Crippen molar-refractivity contribution < 1.29 is 13.2 Å². The van der Waals surface area contributed by atoms with Crippen LogP contribution in [-0.4, -0.2) is 4.83 Å². The second-order valence-corrected chi connectivity index (χ2v) is 5.67. The molecule has 0 aliphatic rings. The molecule has 0 bridgehead atoms. The molecular formula is C13H16BrF3. The minimum atomic E-state index is -4.25.